The van der Waals surface area contributed by atoms with Crippen LogP contribution in [0.1, 0.15) is 36.6 Å². The van der Waals surface area contributed by atoms with Crippen molar-refractivity contribution in [2.75, 3.05) is 0 Å². The number of aliphatic hydroxyl groups is 1. The summed E-state index contributed by atoms with van der Waals surface area (Å²) in [5, 5.41) is 14.1. The molecular weight excluding hydrogens is 295 g/mol. The van der Waals surface area contributed by atoms with E-state index < -0.39 is 11.8 Å². The van der Waals surface area contributed by atoms with Crippen LogP contribution in [0.25, 0.3) is 5.69 Å². The van der Waals surface area contributed by atoms with Gasteiger partial charge in [-0.3, -0.25) is 4.98 Å². The van der Waals surface area contributed by atoms with E-state index >= 15 is 0 Å². The second-order valence-electron chi connectivity index (χ2n) is 5.74. The average molecular weight is 311 g/mol. The maximum Gasteiger partial charge on any atom is 0.421 e. The minimum Gasteiger partial charge on any atom is -0.376 e. The fraction of sp³-hybridized carbons (Fsp3) is 0.467. The van der Waals surface area contributed by atoms with E-state index in [4.69, 9.17) is 0 Å². The van der Waals surface area contributed by atoms with Crippen LogP contribution in [-0.2, 0) is 18.4 Å². The van der Waals surface area contributed by atoms with Gasteiger partial charge >= 0.3 is 6.18 Å². The number of alkyl halides is 3. The average Bonchev–Trinajstić information content (AvgIpc) is 2.90. The van der Waals surface area contributed by atoms with Gasteiger partial charge in [-0.1, -0.05) is 0 Å². The number of pyridine rings is 1. The van der Waals surface area contributed by atoms with E-state index in [2.05, 4.69) is 10.1 Å². The maximum absolute atomic E-state index is 13.0. The van der Waals surface area contributed by atoms with E-state index in [1.165, 1.54) is 12.3 Å². The number of aryl methyl sites for hydroxylation is 1. The molecule has 1 N–H and O–H groups in total. The second-order valence-corrected chi connectivity index (χ2v) is 5.74. The lowest BCUT2D eigenvalue weighted by Gasteiger charge is -2.26. The van der Waals surface area contributed by atoms with E-state index in [1.54, 1.807) is 10.9 Å². The van der Waals surface area contributed by atoms with Gasteiger partial charge in [0.1, 0.15) is 0 Å². The minimum atomic E-state index is -4.77. The zero-order valence-corrected chi connectivity index (χ0v) is 12.1. The van der Waals surface area contributed by atoms with E-state index in [-0.39, 0.29) is 5.56 Å². The number of halogens is 3. The normalized spacial score (nSPS) is 17.9. The number of aromatic nitrogens is 3. The third-order valence-electron chi connectivity index (χ3n) is 4.15. The Morgan fingerprint density at radius 3 is 2.59 bits per heavy atom. The van der Waals surface area contributed by atoms with Crippen LogP contribution in [0.5, 0.6) is 0 Å². The number of hydrogen-bond donors (Lipinski definition) is 1. The molecule has 0 aromatic carbocycles. The lowest BCUT2D eigenvalue weighted by molar-refractivity contribution is -0.259. The Morgan fingerprint density at radius 1 is 1.14 bits per heavy atom. The molecule has 1 unspecified atom stereocenters. The fourth-order valence-corrected chi connectivity index (χ4v) is 2.69. The molecule has 1 atom stereocenters. The van der Waals surface area contributed by atoms with Gasteiger partial charge in [0.05, 0.1) is 18.1 Å². The summed E-state index contributed by atoms with van der Waals surface area (Å²) in [6, 6.07) is 1.29. The third kappa shape index (κ3) is 2.39. The molecule has 0 spiro atoms. The van der Waals surface area contributed by atoms with Crippen LogP contribution in [0.15, 0.2) is 24.7 Å². The maximum atomic E-state index is 13.0. The molecule has 22 heavy (non-hydrogen) atoms. The highest BCUT2D eigenvalue weighted by atomic mass is 19.4. The lowest BCUT2D eigenvalue weighted by atomic mass is 9.96. The van der Waals surface area contributed by atoms with Gasteiger partial charge in [-0.15, -0.1) is 0 Å². The van der Waals surface area contributed by atoms with Crippen LogP contribution in [0.4, 0.5) is 13.2 Å². The molecule has 118 valence electrons. The van der Waals surface area contributed by atoms with Crippen molar-refractivity contribution in [1.82, 2.24) is 14.8 Å². The first-order valence-corrected chi connectivity index (χ1v) is 7.11. The SMILES string of the molecule is CC(O)(c1cncc(-n2ncc3c2CCCC3)c1)C(F)(F)F. The highest BCUT2D eigenvalue weighted by Crippen LogP contribution is 2.38. The summed E-state index contributed by atoms with van der Waals surface area (Å²) in [7, 11) is 0. The summed E-state index contributed by atoms with van der Waals surface area (Å²) in [5.74, 6) is 0. The molecule has 0 saturated heterocycles. The summed E-state index contributed by atoms with van der Waals surface area (Å²) in [6.45, 7) is 0.729. The Kier molecular flexibility index (Phi) is 3.47. The highest BCUT2D eigenvalue weighted by Gasteiger charge is 2.51. The molecular formula is C15H16F3N3O. The van der Waals surface area contributed by atoms with E-state index in [9.17, 15) is 18.3 Å². The predicted molar refractivity (Wildman–Crippen MR) is 73.6 cm³/mol. The summed E-state index contributed by atoms with van der Waals surface area (Å²) in [5.41, 5.74) is -0.665. The van der Waals surface area contributed by atoms with E-state index in [0.717, 1.165) is 50.1 Å². The topological polar surface area (TPSA) is 50.9 Å². The molecule has 3 rings (SSSR count). The van der Waals surface area contributed by atoms with Crippen molar-refractivity contribution in [2.45, 2.75) is 44.4 Å². The zero-order valence-electron chi connectivity index (χ0n) is 12.1. The monoisotopic (exact) mass is 311 g/mol. The van der Waals surface area contributed by atoms with Crippen molar-refractivity contribution in [3.8, 4) is 5.69 Å². The first-order valence-electron chi connectivity index (χ1n) is 7.11. The molecule has 7 heteroatoms. The van der Waals surface area contributed by atoms with E-state index in [0.29, 0.717) is 5.69 Å². The Bertz CT molecular complexity index is 692. The van der Waals surface area contributed by atoms with Crippen molar-refractivity contribution in [1.29, 1.82) is 0 Å². The molecule has 0 radical (unpaired) electrons. The van der Waals surface area contributed by atoms with Crippen molar-refractivity contribution >= 4 is 0 Å². The van der Waals surface area contributed by atoms with Gasteiger partial charge in [-0.05, 0) is 44.2 Å². The molecule has 0 amide bonds. The van der Waals surface area contributed by atoms with Crippen molar-refractivity contribution in [2.24, 2.45) is 0 Å². The van der Waals surface area contributed by atoms with Crippen molar-refractivity contribution in [3.63, 3.8) is 0 Å². The third-order valence-corrected chi connectivity index (χ3v) is 4.15. The predicted octanol–water partition coefficient (Wildman–Crippen LogP) is 2.92. The standard InChI is InChI=1S/C15H16F3N3O/c1-14(22,15(16,17)18)11-6-12(9-19-8-11)21-13-5-3-2-4-10(13)7-20-21/h6-9,22H,2-5H2,1H3. The van der Waals surface area contributed by atoms with Gasteiger partial charge < -0.3 is 5.11 Å². The van der Waals surface area contributed by atoms with Crippen LogP contribution < -0.4 is 0 Å². The number of hydrogen-bond acceptors (Lipinski definition) is 3. The van der Waals surface area contributed by atoms with Gasteiger partial charge in [0, 0.05) is 17.5 Å². The van der Waals surface area contributed by atoms with Gasteiger partial charge in [0.15, 0.2) is 5.60 Å². The highest BCUT2D eigenvalue weighted by molar-refractivity contribution is 5.38. The van der Waals surface area contributed by atoms with Crippen molar-refractivity contribution in [3.05, 3.63) is 41.5 Å². The van der Waals surface area contributed by atoms with Gasteiger partial charge in [-0.25, -0.2) is 4.68 Å². The first-order chi connectivity index (χ1) is 10.3. The van der Waals surface area contributed by atoms with Crippen LogP contribution >= 0.6 is 0 Å². The van der Waals surface area contributed by atoms with Gasteiger partial charge in [0.25, 0.3) is 0 Å². The van der Waals surface area contributed by atoms with Crippen LogP contribution in [0.2, 0.25) is 0 Å². The molecule has 0 saturated carbocycles. The Labute approximate surface area is 125 Å². The summed E-state index contributed by atoms with van der Waals surface area (Å²) in [4.78, 5) is 3.85. The molecule has 2 aromatic rings. The zero-order chi connectivity index (χ0) is 16.0. The molecule has 0 fully saturated rings. The molecule has 0 bridgehead atoms. The largest absolute Gasteiger partial charge is 0.421 e. The number of rotatable bonds is 2. The van der Waals surface area contributed by atoms with Crippen LogP contribution in [-0.4, -0.2) is 26.0 Å². The van der Waals surface area contributed by atoms with E-state index in [1.807, 2.05) is 0 Å². The van der Waals surface area contributed by atoms with Gasteiger partial charge in [-0.2, -0.15) is 18.3 Å². The molecule has 0 aliphatic heterocycles. The Hall–Kier alpha value is -1.89. The fourth-order valence-electron chi connectivity index (χ4n) is 2.69. The number of fused-ring (bicyclic) bond motifs is 1. The summed E-state index contributed by atoms with van der Waals surface area (Å²) in [6.07, 6.45) is 3.38. The second kappa shape index (κ2) is 5.08. The molecule has 2 aromatic heterocycles. The minimum absolute atomic E-state index is 0.294. The van der Waals surface area contributed by atoms with Crippen LogP contribution in [0.3, 0.4) is 0 Å². The Morgan fingerprint density at radius 2 is 1.86 bits per heavy atom. The molecule has 1 aliphatic rings. The number of nitrogens with zero attached hydrogens (tertiary/aromatic N) is 3. The smallest absolute Gasteiger partial charge is 0.376 e. The Balaban J connectivity index is 2.04. The lowest BCUT2D eigenvalue weighted by Crippen LogP contribution is -2.39. The first kappa shape index (κ1) is 15.0. The summed E-state index contributed by atoms with van der Waals surface area (Å²) >= 11 is 0. The van der Waals surface area contributed by atoms with Crippen molar-refractivity contribution < 1.29 is 18.3 Å². The summed E-state index contributed by atoms with van der Waals surface area (Å²) < 4.78 is 40.5. The molecule has 4 nitrogen and oxygen atoms in total. The molecule has 2 heterocycles. The quantitative estimate of drug-likeness (QED) is 0.928. The van der Waals surface area contributed by atoms with Crippen LogP contribution in [0, 0.1) is 0 Å². The molecule has 1 aliphatic carbocycles. The van der Waals surface area contributed by atoms with Gasteiger partial charge in [0.2, 0.25) is 0 Å².